The number of fused-ring (bicyclic) bond motifs is 1. The summed E-state index contributed by atoms with van der Waals surface area (Å²) in [5.74, 6) is 1.29. The average molecular weight is 671 g/mol. The second-order valence-electron chi connectivity index (χ2n) is 12.2. The molecule has 3 fully saturated rings. The summed E-state index contributed by atoms with van der Waals surface area (Å²) in [4.78, 5) is 39.1. The van der Waals surface area contributed by atoms with E-state index in [0.717, 1.165) is 63.7 Å². The molecule has 0 spiro atoms. The highest BCUT2D eigenvalue weighted by Gasteiger charge is 2.42. The first kappa shape index (κ1) is 35.7. The molecule has 0 aliphatic carbocycles. The van der Waals surface area contributed by atoms with E-state index in [4.69, 9.17) is 19.5 Å². The number of urea groups is 1. The van der Waals surface area contributed by atoms with Gasteiger partial charge in [0.2, 0.25) is 5.91 Å². The highest BCUT2D eigenvalue weighted by atomic mass is 32.2. The number of rotatable bonds is 21. The van der Waals surface area contributed by atoms with Gasteiger partial charge in [-0.25, -0.2) is 9.59 Å². The standard InChI is InChI=1S/C30H51N6O7PS/c31-26-15-17-36(30(39)34-26)19-23-20-43-44(40,22-41-23)42-18-12-8-6-4-2-1-3-5-7-11-16-32-27(37)14-10-9-13-25-28-24(21-45-25)33-29(38)35-28/h15,17,23-25,28H,1-14,16,18-22H2,(H,32,37)(H2,31,34,39)(H2,33,35,38)/t23-,24-,25?,28-,44?/m0/s1. The van der Waals surface area contributed by atoms with Crippen LogP contribution in [0.3, 0.4) is 0 Å². The second-order valence-corrected chi connectivity index (χ2v) is 15.5. The summed E-state index contributed by atoms with van der Waals surface area (Å²) in [5, 5.41) is 9.51. The fraction of sp³-hybridized carbons (Fsp3) is 0.800. The number of carbonyl (C=O) groups excluding carboxylic acids is 2. The number of hydrogen-bond acceptors (Lipinski definition) is 10. The lowest BCUT2D eigenvalue weighted by Crippen LogP contribution is -2.36. The van der Waals surface area contributed by atoms with E-state index in [-0.39, 0.29) is 49.3 Å². The van der Waals surface area contributed by atoms with Crippen molar-refractivity contribution >= 4 is 37.1 Å². The van der Waals surface area contributed by atoms with E-state index >= 15 is 0 Å². The highest BCUT2D eigenvalue weighted by molar-refractivity contribution is 8.00. The Morgan fingerprint density at radius 2 is 1.80 bits per heavy atom. The van der Waals surface area contributed by atoms with Crippen molar-refractivity contribution in [2.45, 2.75) is 120 Å². The molecule has 0 aromatic carbocycles. The van der Waals surface area contributed by atoms with Gasteiger partial charge in [0.1, 0.15) is 18.3 Å². The fourth-order valence-corrected chi connectivity index (χ4v) is 8.86. The van der Waals surface area contributed by atoms with Crippen LogP contribution >= 0.6 is 19.4 Å². The van der Waals surface area contributed by atoms with Crippen molar-refractivity contribution in [3.05, 3.63) is 22.7 Å². The van der Waals surface area contributed by atoms with E-state index in [1.807, 2.05) is 11.8 Å². The largest absolute Gasteiger partial charge is 0.383 e. The number of unbranched alkanes of at least 4 members (excludes halogenated alkanes) is 10. The molecule has 3 saturated heterocycles. The summed E-state index contributed by atoms with van der Waals surface area (Å²) in [6.07, 6.45) is 15.7. The molecular formula is C30H51N6O7PS. The quantitative estimate of drug-likeness (QED) is 0.0845. The monoisotopic (exact) mass is 670 g/mol. The average Bonchev–Trinajstić information content (AvgIpc) is 3.57. The lowest BCUT2D eigenvalue weighted by molar-refractivity contribution is -0.121. The van der Waals surface area contributed by atoms with Crippen molar-refractivity contribution in [3.8, 4) is 0 Å². The van der Waals surface area contributed by atoms with Crippen LogP contribution < -0.4 is 27.4 Å². The summed E-state index contributed by atoms with van der Waals surface area (Å²) in [7, 11) is -3.26. The minimum atomic E-state index is -3.26. The molecule has 13 nitrogen and oxygen atoms in total. The predicted molar refractivity (Wildman–Crippen MR) is 175 cm³/mol. The van der Waals surface area contributed by atoms with Gasteiger partial charge in [0.25, 0.3) is 0 Å². The van der Waals surface area contributed by atoms with Crippen molar-refractivity contribution in [3.63, 3.8) is 0 Å². The number of nitrogen functional groups attached to an aromatic ring is 1. The lowest BCUT2D eigenvalue weighted by atomic mass is 10.0. The number of hydrogen-bond donors (Lipinski definition) is 4. The Balaban J connectivity index is 0.878. The van der Waals surface area contributed by atoms with Crippen molar-refractivity contribution in [1.82, 2.24) is 25.5 Å². The van der Waals surface area contributed by atoms with E-state index in [1.54, 1.807) is 6.20 Å². The molecule has 45 heavy (non-hydrogen) atoms. The number of anilines is 1. The molecule has 2 unspecified atom stereocenters. The number of ether oxygens (including phenoxy) is 1. The summed E-state index contributed by atoms with van der Waals surface area (Å²) < 4.78 is 30.8. The number of aromatic nitrogens is 2. The minimum absolute atomic E-state index is 0.0457. The fourth-order valence-electron chi connectivity index (χ4n) is 5.89. The van der Waals surface area contributed by atoms with Crippen LogP contribution in [0.1, 0.15) is 89.9 Å². The Bertz CT molecular complexity index is 1180. The smallest absolute Gasteiger partial charge is 0.356 e. The normalized spacial score (nSPS) is 25.9. The summed E-state index contributed by atoms with van der Waals surface area (Å²) in [5.41, 5.74) is 5.05. The van der Waals surface area contributed by atoms with Gasteiger partial charge in [-0.2, -0.15) is 16.7 Å². The number of nitrogens with zero attached hydrogens (tertiary/aromatic N) is 2. The van der Waals surface area contributed by atoms with Crippen LogP contribution in [0.5, 0.6) is 0 Å². The first-order valence-electron chi connectivity index (χ1n) is 16.6. The number of nitrogens with two attached hydrogens (primary N) is 1. The first-order valence-corrected chi connectivity index (χ1v) is 19.4. The van der Waals surface area contributed by atoms with E-state index in [0.29, 0.717) is 18.3 Å². The maximum Gasteiger partial charge on any atom is 0.356 e. The number of amides is 3. The van der Waals surface area contributed by atoms with Crippen LogP contribution in [-0.2, 0) is 29.7 Å². The molecule has 4 rings (SSSR count). The zero-order valence-corrected chi connectivity index (χ0v) is 28.0. The van der Waals surface area contributed by atoms with Gasteiger partial charge in [0.15, 0.2) is 0 Å². The van der Waals surface area contributed by atoms with Crippen LogP contribution in [0.15, 0.2) is 17.1 Å². The third kappa shape index (κ3) is 12.5. The Labute approximate surface area is 270 Å². The van der Waals surface area contributed by atoms with Gasteiger partial charge >= 0.3 is 19.3 Å². The summed E-state index contributed by atoms with van der Waals surface area (Å²) in [6, 6.07) is 2.00. The Morgan fingerprint density at radius 3 is 2.51 bits per heavy atom. The van der Waals surface area contributed by atoms with Gasteiger partial charge in [-0.3, -0.25) is 13.9 Å². The molecule has 1 aromatic rings. The first-order chi connectivity index (χ1) is 21.8. The van der Waals surface area contributed by atoms with Crippen molar-refractivity contribution in [1.29, 1.82) is 0 Å². The molecule has 15 heteroatoms. The van der Waals surface area contributed by atoms with Crippen molar-refractivity contribution < 1.29 is 27.9 Å². The van der Waals surface area contributed by atoms with Gasteiger partial charge in [-0.1, -0.05) is 57.8 Å². The number of carbonyl (C=O) groups is 2. The molecule has 4 heterocycles. The Morgan fingerprint density at radius 1 is 1.07 bits per heavy atom. The molecule has 3 aliphatic rings. The molecule has 3 aliphatic heterocycles. The van der Waals surface area contributed by atoms with Crippen LogP contribution in [-0.4, -0.2) is 76.8 Å². The van der Waals surface area contributed by atoms with Crippen LogP contribution in [0.2, 0.25) is 0 Å². The van der Waals surface area contributed by atoms with E-state index < -0.39 is 19.4 Å². The molecule has 5 atom stereocenters. The van der Waals surface area contributed by atoms with Gasteiger partial charge < -0.3 is 35.5 Å². The summed E-state index contributed by atoms with van der Waals surface area (Å²) >= 11 is 1.92. The molecule has 5 N–H and O–H groups in total. The van der Waals surface area contributed by atoms with E-state index in [1.165, 1.54) is 42.7 Å². The molecule has 0 radical (unpaired) electrons. The molecule has 1 aromatic heterocycles. The van der Waals surface area contributed by atoms with E-state index in [9.17, 15) is 18.9 Å². The predicted octanol–water partition coefficient (Wildman–Crippen LogP) is 4.15. The lowest BCUT2D eigenvalue weighted by Gasteiger charge is -2.29. The zero-order chi connectivity index (χ0) is 31.9. The number of thioether (sulfide) groups is 1. The highest BCUT2D eigenvalue weighted by Crippen LogP contribution is 2.51. The Hall–Kier alpha value is -2.12. The molecule has 254 valence electrons. The SMILES string of the molecule is Nc1ccn(C[C@H]2COP(=O)(OCCCCCCCCCCCCNC(=O)CCCCC3SC[C@@H]4NC(=O)N[C@H]34)CO2)c(=O)n1. The van der Waals surface area contributed by atoms with Crippen LogP contribution in [0, 0.1) is 0 Å². The maximum absolute atomic E-state index is 12.7. The topological polar surface area (TPSA) is 176 Å². The molecular weight excluding hydrogens is 619 g/mol. The zero-order valence-electron chi connectivity index (χ0n) is 26.3. The third-order valence-corrected chi connectivity index (χ3v) is 11.6. The Kier molecular flexibility index (Phi) is 15.0. The minimum Gasteiger partial charge on any atom is -0.383 e. The van der Waals surface area contributed by atoms with Crippen molar-refractivity contribution in [2.24, 2.45) is 0 Å². The van der Waals surface area contributed by atoms with Gasteiger partial charge in [0.05, 0.1) is 31.8 Å². The maximum atomic E-state index is 12.7. The molecule has 0 bridgehead atoms. The molecule has 0 saturated carbocycles. The van der Waals surface area contributed by atoms with Crippen LogP contribution in [0.4, 0.5) is 10.6 Å². The third-order valence-electron chi connectivity index (χ3n) is 8.48. The van der Waals surface area contributed by atoms with Gasteiger partial charge in [-0.15, -0.1) is 0 Å². The molecule has 3 amide bonds. The van der Waals surface area contributed by atoms with Crippen LogP contribution in [0.25, 0.3) is 0 Å². The number of nitrogens with one attached hydrogen (secondary N) is 3. The van der Waals surface area contributed by atoms with Gasteiger partial charge in [0, 0.05) is 30.2 Å². The van der Waals surface area contributed by atoms with Crippen molar-refractivity contribution in [2.75, 3.05) is 37.6 Å². The van der Waals surface area contributed by atoms with E-state index in [2.05, 4.69) is 20.9 Å². The second kappa shape index (κ2) is 18.9. The van der Waals surface area contributed by atoms with Gasteiger partial charge in [-0.05, 0) is 31.7 Å². The summed E-state index contributed by atoms with van der Waals surface area (Å²) in [6.45, 7) is 1.47.